The van der Waals surface area contributed by atoms with Gasteiger partial charge in [-0.3, -0.25) is 0 Å². The molecule has 0 aliphatic rings. The predicted octanol–water partition coefficient (Wildman–Crippen LogP) is 2.77. The lowest BCUT2D eigenvalue weighted by Gasteiger charge is -2.18. The van der Waals surface area contributed by atoms with E-state index in [1.54, 1.807) is 13.0 Å². The van der Waals surface area contributed by atoms with Crippen LogP contribution in [0.1, 0.15) is 13.8 Å². The first-order valence-corrected chi connectivity index (χ1v) is 5.19. The molecule has 0 heterocycles. The van der Waals surface area contributed by atoms with Gasteiger partial charge in [0, 0.05) is 10.5 Å². The number of benzene rings is 1. The van der Waals surface area contributed by atoms with Gasteiger partial charge in [-0.05, 0) is 48.0 Å². The van der Waals surface area contributed by atoms with E-state index in [9.17, 15) is 9.50 Å². The summed E-state index contributed by atoms with van der Waals surface area (Å²) >= 11 is 3.30. The third kappa shape index (κ3) is 2.96. The van der Waals surface area contributed by atoms with Crippen molar-refractivity contribution >= 4 is 21.6 Å². The predicted molar refractivity (Wildman–Crippen MR) is 58.9 cm³/mol. The van der Waals surface area contributed by atoms with Gasteiger partial charge >= 0.3 is 0 Å². The van der Waals surface area contributed by atoms with E-state index in [0.29, 0.717) is 5.69 Å². The molecule has 78 valence electrons. The Morgan fingerprint density at radius 3 is 2.64 bits per heavy atom. The molecule has 0 aliphatic carbocycles. The summed E-state index contributed by atoms with van der Waals surface area (Å²) in [5.41, 5.74) is 0.651. The van der Waals surface area contributed by atoms with Crippen LogP contribution < -0.4 is 5.32 Å². The SMILES string of the molecule is CC(O)C(C)Nc1cc(F)ccc1Br. The van der Waals surface area contributed by atoms with Crippen LogP contribution in [-0.2, 0) is 0 Å². The van der Waals surface area contributed by atoms with Crippen molar-refractivity contribution in [3.63, 3.8) is 0 Å². The molecule has 0 fully saturated rings. The highest BCUT2D eigenvalue weighted by Gasteiger charge is 2.10. The fourth-order valence-electron chi connectivity index (χ4n) is 0.974. The summed E-state index contributed by atoms with van der Waals surface area (Å²) in [6, 6.07) is 4.28. The van der Waals surface area contributed by atoms with Crippen LogP contribution in [-0.4, -0.2) is 17.3 Å². The number of hydrogen-bond donors (Lipinski definition) is 2. The molecule has 14 heavy (non-hydrogen) atoms. The smallest absolute Gasteiger partial charge is 0.125 e. The number of hydrogen-bond acceptors (Lipinski definition) is 2. The minimum Gasteiger partial charge on any atom is -0.391 e. The third-order valence-electron chi connectivity index (χ3n) is 2.04. The van der Waals surface area contributed by atoms with Gasteiger partial charge in [0.2, 0.25) is 0 Å². The number of halogens is 2. The minimum absolute atomic E-state index is 0.118. The van der Waals surface area contributed by atoms with Gasteiger partial charge in [-0.2, -0.15) is 0 Å². The van der Waals surface area contributed by atoms with E-state index in [-0.39, 0.29) is 11.9 Å². The first-order chi connectivity index (χ1) is 6.50. The molecular formula is C10H13BrFNO. The largest absolute Gasteiger partial charge is 0.391 e. The fourth-order valence-corrected chi connectivity index (χ4v) is 1.34. The third-order valence-corrected chi connectivity index (χ3v) is 2.73. The summed E-state index contributed by atoms with van der Waals surface area (Å²) in [5.74, 6) is -0.298. The second kappa shape index (κ2) is 4.75. The molecule has 2 atom stereocenters. The Hall–Kier alpha value is -0.610. The Morgan fingerprint density at radius 2 is 2.07 bits per heavy atom. The van der Waals surface area contributed by atoms with E-state index in [1.807, 2.05) is 6.92 Å². The van der Waals surface area contributed by atoms with Crippen molar-refractivity contribution in [2.24, 2.45) is 0 Å². The van der Waals surface area contributed by atoms with Gasteiger partial charge in [0.05, 0.1) is 11.8 Å². The highest BCUT2D eigenvalue weighted by atomic mass is 79.9. The van der Waals surface area contributed by atoms with Crippen LogP contribution in [0.25, 0.3) is 0 Å². The van der Waals surface area contributed by atoms with Crippen molar-refractivity contribution in [2.75, 3.05) is 5.32 Å². The van der Waals surface area contributed by atoms with Gasteiger partial charge in [-0.15, -0.1) is 0 Å². The fraction of sp³-hybridized carbons (Fsp3) is 0.400. The quantitative estimate of drug-likeness (QED) is 0.877. The molecule has 0 aliphatic heterocycles. The van der Waals surface area contributed by atoms with Gasteiger partial charge in [-0.25, -0.2) is 4.39 Å². The summed E-state index contributed by atoms with van der Waals surface area (Å²) in [6.07, 6.45) is -0.481. The van der Waals surface area contributed by atoms with E-state index >= 15 is 0 Å². The molecule has 0 spiro atoms. The zero-order valence-electron chi connectivity index (χ0n) is 8.09. The van der Waals surface area contributed by atoms with Crippen molar-refractivity contribution in [1.82, 2.24) is 0 Å². The zero-order valence-corrected chi connectivity index (χ0v) is 9.68. The molecule has 0 saturated carbocycles. The number of nitrogens with one attached hydrogen (secondary N) is 1. The lowest BCUT2D eigenvalue weighted by molar-refractivity contribution is 0.178. The van der Waals surface area contributed by atoms with E-state index in [0.717, 1.165) is 4.47 Å². The van der Waals surface area contributed by atoms with Crippen LogP contribution in [0.3, 0.4) is 0 Å². The second-order valence-electron chi connectivity index (χ2n) is 3.30. The normalized spacial score (nSPS) is 14.9. The Balaban J connectivity index is 2.80. The average molecular weight is 262 g/mol. The van der Waals surface area contributed by atoms with Crippen molar-refractivity contribution in [1.29, 1.82) is 0 Å². The summed E-state index contributed by atoms with van der Waals surface area (Å²) in [6.45, 7) is 3.52. The Labute approximate surface area is 91.3 Å². The van der Waals surface area contributed by atoms with Gasteiger partial charge in [-0.1, -0.05) is 0 Å². The van der Waals surface area contributed by atoms with E-state index < -0.39 is 6.10 Å². The lowest BCUT2D eigenvalue weighted by Crippen LogP contribution is -2.27. The zero-order chi connectivity index (χ0) is 10.7. The molecule has 4 heteroatoms. The molecule has 2 N–H and O–H groups in total. The summed E-state index contributed by atoms with van der Waals surface area (Å²) in [4.78, 5) is 0. The summed E-state index contributed by atoms with van der Waals surface area (Å²) < 4.78 is 13.7. The molecular weight excluding hydrogens is 249 g/mol. The highest BCUT2D eigenvalue weighted by Crippen LogP contribution is 2.24. The van der Waals surface area contributed by atoms with Crippen LogP contribution >= 0.6 is 15.9 Å². The van der Waals surface area contributed by atoms with Crippen LogP contribution in [0.15, 0.2) is 22.7 Å². The first kappa shape index (κ1) is 11.5. The monoisotopic (exact) mass is 261 g/mol. The number of aliphatic hydroxyl groups excluding tert-OH is 1. The van der Waals surface area contributed by atoms with E-state index in [4.69, 9.17) is 0 Å². The number of anilines is 1. The molecule has 0 bridgehead atoms. The van der Waals surface area contributed by atoms with Gasteiger partial charge < -0.3 is 10.4 Å². The Morgan fingerprint density at radius 1 is 1.43 bits per heavy atom. The van der Waals surface area contributed by atoms with Crippen LogP contribution in [0.5, 0.6) is 0 Å². The molecule has 0 radical (unpaired) electrons. The highest BCUT2D eigenvalue weighted by molar-refractivity contribution is 9.10. The standard InChI is InChI=1S/C10H13BrFNO/c1-6(7(2)14)13-10-5-8(12)3-4-9(10)11/h3-7,13-14H,1-2H3. The topological polar surface area (TPSA) is 32.3 Å². The van der Waals surface area contributed by atoms with Crippen LogP contribution in [0, 0.1) is 5.82 Å². The van der Waals surface area contributed by atoms with E-state index in [2.05, 4.69) is 21.2 Å². The summed E-state index contributed by atoms with van der Waals surface area (Å²) in [7, 11) is 0. The molecule has 1 aromatic rings. The second-order valence-corrected chi connectivity index (χ2v) is 4.15. The lowest BCUT2D eigenvalue weighted by atomic mass is 10.2. The van der Waals surface area contributed by atoms with Crippen molar-refractivity contribution in [3.05, 3.63) is 28.5 Å². The van der Waals surface area contributed by atoms with Crippen molar-refractivity contribution in [3.8, 4) is 0 Å². The average Bonchev–Trinajstić information content (AvgIpc) is 2.11. The molecule has 1 rings (SSSR count). The van der Waals surface area contributed by atoms with Crippen LogP contribution in [0.4, 0.5) is 10.1 Å². The van der Waals surface area contributed by atoms with Gasteiger partial charge in [0.1, 0.15) is 5.82 Å². The first-order valence-electron chi connectivity index (χ1n) is 4.40. The molecule has 1 aromatic carbocycles. The van der Waals surface area contributed by atoms with Crippen LogP contribution in [0.2, 0.25) is 0 Å². The molecule has 0 aromatic heterocycles. The molecule has 2 unspecified atom stereocenters. The van der Waals surface area contributed by atoms with E-state index in [1.165, 1.54) is 12.1 Å². The van der Waals surface area contributed by atoms with Gasteiger partial charge in [0.15, 0.2) is 0 Å². The Kier molecular flexibility index (Phi) is 3.89. The maximum atomic E-state index is 12.9. The maximum absolute atomic E-state index is 12.9. The number of rotatable bonds is 3. The minimum atomic E-state index is -0.481. The molecule has 0 amide bonds. The number of aliphatic hydroxyl groups is 1. The maximum Gasteiger partial charge on any atom is 0.125 e. The summed E-state index contributed by atoms with van der Waals surface area (Å²) in [5, 5.41) is 12.3. The molecule has 0 saturated heterocycles. The molecule has 2 nitrogen and oxygen atoms in total. The van der Waals surface area contributed by atoms with Crippen molar-refractivity contribution < 1.29 is 9.50 Å². The Bertz CT molecular complexity index is 317. The van der Waals surface area contributed by atoms with Gasteiger partial charge in [0.25, 0.3) is 0 Å². The van der Waals surface area contributed by atoms with Crippen molar-refractivity contribution in [2.45, 2.75) is 26.0 Å².